The molecule has 38 heavy (non-hydrogen) atoms. The Morgan fingerprint density at radius 3 is 2.16 bits per heavy atom. The summed E-state index contributed by atoms with van der Waals surface area (Å²) in [5, 5.41) is 2.34. The molecule has 0 aromatic heterocycles. The second-order valence-electron chi connectivity index (χ2n) is 9.72. The Morgan fingerprint density at radius 2 is 1.50 bits per heavy atom. The molecule has 10 heteroatoms. The molecular weight excluding hydrogens is 497 g/mol. The van der Waals surface area contributed by atoms with Crippen molar-refractivity contribution in [2.75, 3.05) is 34.3 Å². The number of piperazine rings is 1. The fourth-order valence-electron chi connectivity index (χ4n) is 5.88. The summed E-state index contributed by atoms with van der Waals surface area (Å²) in [6, 6.07) is 19.6. The Bertz CT molecular complexity index is 1430. The predicted octanol–water partition coefficient (Wildman–Crippen LogP) is 4.23. The number of imide groups is 2. The topological polar surface area (TPSA) is 73.0 Å². The number of nitrogens with one attached hydrogen (secondary N) is 1. The van der Waals surface area contributed by atoms with Crippen LogP contribution in [0.2, 0.25) is 0 Å². The minimum absolute atomic E-state index is 0.245. The van der Waals surface area contributed by atoms with Crippen molar-refractivity contribution >= 4 is 34.9 Å². The molecule has 4 amide bonds. The standard InChI is InChI=1S/C28H23F3N4O3/c29-28(30,31)19-11-12-22-18(15-19)16-27(23-17-33(13-14-34(22)23)20-7-3-1-4-8-20)24(36)32-26(38)35(25(27)37)21-9-5-2-6-10-21/h1-12,15,23H,13-14,16-17H2,(H,32,36,38)/t23-,27+/m1/s1. The van der Waals surface area contributed by atoms with Gasteiger partial charge in [-0.25, -0.2) is 9.69 Å². The van der Waals surface area contributed by atoms with E-state index in [-0.39, 0.29) is 24.2 Å². The number of para-hydroxylation sites is 2. The number of amides is 4. The maximum absolute atomic E-state index is 14.3. The monoisotopic (exact) mass is 520 g/mol. The lowest BCUT2D eigenvalue weighted by Gasteiger charge is -2.55. The molecule has 3 aliphatic heterocycles. The van der Waals surface area contributed by atoms with Crippen LogP contribution < -0.4 is 20.0 Å². The van der Waals surface area contributed by atoms with Crippen LogP contribution in [0.1, 0.15) is 11.1 Å². The third kappa shape index (κ3) is 3.62. The van der Waals surface area contributed by atoms with E-state index in [0.717, 1.165) is 22.7 Å². The highest BCUT2D eigenvalue weighted by atomic mass is 19.4. The van der Waals surface area contributed by atoms with Gasteiger partial charge in [0.15, 0.2) is 5.41 Å². The Labute approximate surface area is 216 Å². The molecule has 0 radical (unpaired) electrons. The highest BCUT2D eigenvalue weighted by molar-refractivity contribution is 6.30. The van der Waals surface area contributed by atoms with Gasteiger partial charge in [0, 0.05) is 31.0 Å². The quantitative estimate of drug-likeness (QED) is 0.513. The number of nitrogens with zero attached hydrogens (tertiary/aromatic N) is 3. The van der Waals surface area contributed by atoms with Crippen LogP contribution in [0, 0.1) is 5.41 Å². The van der Waals surface area contributed by atoms with Gasteiger partial charge in [0.1, 0.15) is 0 Å². The lowest BCUT2D eigenvalue weighted by molar-refractivity contribution is -0.144. The van der Waals surface area contributed by atoms with E-state index < -0.39 is 41.0 Å². The highest BCUT2D eigenvalue weighted by Crippen LogP contribution is 2.48. The van der Waals surface area contributed by atoms with E-state index in [1.165, 1.54) is 6.07 Å². The largest absolute Gasteiger partial charge is 0.416 e. The Morgan fingerprint density at radius 1 is 0.842 bits per heavy atom. The molecule has 3 aromatic rings. The first kappa shape index (κ1) is 24.0. The van der Waals surface area contributed by atoms with Crippen LogP contribution in [-0.2, 0) is 22.2 Å². The summed E-state index contributed by atoms with van der Waals surface area (Å²) in [4.78, 5) is 45.8. The van der Waals surface area contributed by atoms with Gasteiger partial charge in [-0.2, -0.15) is 13.2 Å². The summed E-state index contributed by atoms with van der Waals surface area (Å²) >= 11 is 0. The van der Waals surface area contributed by atoms with Crippen LogP contribution in [0.15, 0.2) is 78.9 Å². The van der Waals surface area contributed by atoms with Crippen LogP contribution >= 0.6 is 0 Å². The molecule has 3 heterocycles. The number of anilines is 3. The number of barbiturate groups is 1. The molecule has 194 valence electrons. The van der Waals surface area contributed by atoms with Gasteiger partial charge in [0.05, 0.1) is 17.3 Å². The number of hydrogen-bond acceptors (Lipinski definition) is 5. The van der Waals surface area contributed by atoms with Crippen molar-refractivity contribution in [3.8, 4) is 0 Å². The van der Waals surface area contributed by atoms with Crippen molar-refractivity contribution in [2.24, 2.45) is 5.41 Å². The summed E-state index contributed by atoms with van der Waals surface area (Å²) < 4.78 is 40.9. The molecule has 3 aliphatic rings. The number of hydrogen-bond donors (Lipinski definition) is 1. The predicted molar refractivity (Wildman–Crippen MR) is 135 cm³/mol. The molecule has 0 aliphatic carbocycles. The lowest BCUT2D eigenvalue weighted by atomic mass is 9.67. The van der Waals surface area contributed by atoms with Crippen molar-refractivity contribution in [1.82, 2.24) is 5.32 Å². The van der Waals surface area contributed by atoms with Gasteiger partial charge in [0.2, 0.25) is 5.91 Å². The molecule has 6 rings (SSSR count). The summed E-state index contributed by atoms with van der Waals surface area (Å²) in [5.74, 6) is -1.54. The van der Waals surface area contributed by atoms with Gasteiger partial charge in [-0.15, -0.1) is 0 Å². The van der Waals surface area contributed by atoms with Gasteiger partial charge in [-0.1, -0.05) is 36.4 Å². The first-order valence-electron chi connectivity index (χ1n) is 12.2. The second-order valence-corrected chi connectivity index (χ2v) is 9.72. The molecule has 0 unspecified atom stereocenters. The van der Waals surface area contributed by atoms with Gasteiger partial charge in [0.25, 0.3) is 5.91 Å². The highest BCUT2D eigenvalue weighted by Gasteiger charge is 2.63. The number of fused-ring (bicyclic) bond motifs is 4. The Balaban J connectivity index is 1.51. The molecule has 2 atom stereocenters. The molecule has 0 saturated carbocycles. The molecule has 0 bridgehead atoms. The van der Waals surface area contributed by atoms with E-state index in [1.807, 2.05) is 35.2 Å². The Hall–Kier alpha value is -4.34. The van der Waals surface area contributed by atoms with Gasteiger partial charge in [-0.05, 0) is 54.4 Å². The van der Waals surface area contributed by atoms with Crippen LogP contribution in [0.25, 0.3) is 0 Å². The van der Waals surface area contributed by atoms with Crippen molar-refractivity contribution < 1.29 is 27.6 Å². The van der Waals surface area contributed by atoms with Crippen molar-refractivity contribution in [3.63, 3.8) is 0 Å². The first-order chi connectivity index (χ1) is 18.2. The zero-order valence-electron chi connectivity index (χ0n) is 20.1. The van der Waals surface area contributed by atoms with Gasteiger partial charge in [-0.3, -0.25) is 14.9 Å². The number of carbonyl (C=O) groups is 3. The molecule has 1 spiro atoms. The number of carbonyl (C=O) groups excluding carboxylic acids is 3. The van der Waals surface area contributed by atoms with Crippen LogP contribution in [0.3, 0.4) is 0 Å². The van der Waals surface area contributed by atoms with Gasteiger partial charge >= 0.3 is 12.2 Å². The summed E-state index contributed by atoms with van der Waals surface area (Å²) in [6.07, 6.45) is -4.85. The second kappa shape index (κ2) is 8.61. The van der Waals surface area contributed by atoms with E-state index in [9.17, 15) is 27.6 Å². The molecule has 7 nitrogen and oxygen atoms in total. The molecular formula is C28H23F3N4O3. The summed E-state index contributed by atoms with van der Waals surface area (Å²) in [6.45, 7) is 1.17. The SMILES string of the molecule is O=C1NC(=O)[C@@]2(Cc3cc(C(F)(F)F)ccc3N3CCN(c4ccccc4)C[C@@H]32)C(=O)N1c1ccccc1. The number of halogens is 3. The summed E-state index contributed by atoms with van der Waals surface area (Å²) in [5.41, 5.74) is -0.694. The zero-order chi connectivity index (χ0) is 26.7. The smallest absolute Gasteiger partial charge is 0.368 e. The number of benzene rings is 3. The lowest BCUT2D eigenvalue weighted by Crippen LogP contribution is -2.75. The van der Waals surface area contributed by atoms with E-state index in [4.69, 9.17) is 0 Å². The fraction of sp³-hybridized carbons (Fsp3) is 0.250. The molecule has 2 fully saturated rings. The number of alkyl halides is 3. The number of rotatable bonds is 2. The van der Waals surface area contributed by atoms with Crippen molar-refractivity contribution in [3.05, 3.63) is 90.0 Å². The zero-order valence-corrected chi connectivity index (χ0v) is 20.1. The van der Waals surface area contributed by atoms with Gasteiger partial charge < -0.3 is 9.80 Å². The normalized spacial score (nSPS) is 23.3. The Kier molecular flexibility index (Phi) is 5.44. The average molecular weight is 521 g/mol. The first-order valence-corrected chi connectivity index (χ1v) is 12.2. The third-order valence-corrected chi connectivity index (χ3v) is 7.68. The minimum atomic E-state index is -4.59. The van der Waals surface area contributed by atoms with E-state index in [1.54, 1.807) is 30.3 Å². The summed E-state index contributed by atoms with van der Waals surface area (Å²) in [7, 11) is 0. The minimum Gasteiger partial charge on any atom is -0.368 e. The van der Waals surface area contributed by atoms with E-state index >= 15 is 0 Å². The maximum atomic E-state index is 14.3. The van der Waals surface area contributed by atoms with E-state index in [2.05, 4.69) is 10.2 Å². The molecule has 3 aromatic carbocycles. The van der Waals surface area contributed by atoms with E-state index in [0.29, 0.717) is 18.8 Å². The third-order valence-electron chi connectivity index (χ3n) is 7.68. The van der Waals surface area contributed by atoms with Crippen LogP contribution in [0.5, 0.6) is 0 Å². The van der Waals surface area contributed by atoms with Crippen molar-refractivity contribution in [2.45, 2.75) is 18.6 Å². The van der Waals surface area contributed by atoms with Crippen LogP contribution in [0.4, 0.5) is 35.0 Å². The van der Waals surface area contributed by atoms with Crippen molar-refractivity contribution in [1.29, 1.82) is 0 Å². The maximum Gasteiger partial charge on any atom is 0.416 e. The molecule has 2 saturated heterocycles. The molecule has 1 N–H and O–H groups in total. The number of urea groups is 1. The average Bonchev–Trinajstić information content (AvgIpc) is 2.92. The van der Waals surface area contributed by atoms with Crippen LogP contribution in [-0.4, -0.2) is 43.5 Å². The fourth-order valence-corrected chi connectivity index (χ4v) is 5.88.